The van der Waals surface area contributed by atoms with Gasteiger partial charge in [-0.15, -0.1) is 0 Å². The van der Waals surface area contributed by atoms with Gasteiger partial charge in [-0.2, -0.15) is 0 Å². The van der Waals surface area contributed by atoms with Crippen molar-refractivity contribution in [2.75, 3.05) is 0 Å². The Balaban J connectivity index is 2.00. The molecular weight excluding hydrogens is 252 g/mol. The van der Waals surface area contributed by atoms with Crippen LogP contribution in [0.4, 0.5) is 0 Å². The smallest absolute Gasteiger partial charge is 0.0225 e. The standard InChI is InChI=1S/C21H32/c1-4-6-7-9-18-10-13-20(14-11-18)21-15-12-19(8-5-2)16-17(21)3/h10-11,13-14,19H,4-9,12,15-16H2,1-3H3. The number of benzene rings is 1. The van der Waals surface area contributed by atoms with E-state index in [0.29, 0.717) is 0 Å². The molecule has 0 spiro atoms. The monoisotopic (exact) mass is 284 g/mol. The first-order valence-electron chi connectivity index (χ1n) is 9.02. The van der Waals surface area contributed by atoms with Crippen LogP contribution in [0.3, 0.4) is 0 Å². The lowest BCUT2D eigenvalue weighted by Gasteiger charge is -2.26. The summed E-state index contributed by atoms with van der Waals surface area (Å²) in [5.74, 6) is 0.937. The largest absolute Gasteiger partial charge is 0.0692 e. The van der Waals surface area contributed by atoms with Gasteiger partial charge < -0.3 is 0 Å². The second-order valence-corrected chi connectivity index (χ2v) is 6.81. The van der Waals surface area contributed by atoms with Crippen LogP contribution in [0, 0.1) is 5.92 Å². The van der Waals surface area contributed by atoms with E-state index in [1.54, 1.807) is 11.1 Å². The molecule has 0 heterocycles. The molecule has 1 aromatic rings. The van der Waals surface area contributed by atoms with E-state index in [9.17, 15) is 0 Å². The van der Waals surface area contributed by atoms with Gasteiger partial charge in [0.1, 0.15) is 0 Å². The zero-order valence-electron chi connectivity index (χ0n) is 14.3. The van der Waals surface area contributed by atoms with Crippen molar-refractivity contribution in [3.8, 4) is 0 Å². The second kappa shape index (κ2) is 8.41. The second-order valence-electron chi connectivity index (χ2n) is 6.81. The van der Waals surface area contributed by atoms with E-state index in [4.69, 9.17) is 0 Å². The van der Waals surface area contributed by atoms with Crippen LogP contribution < -0.4 is 0 Å². The number of rotatable bonds is 7. The minimum atomic E-state index is 0.937. The van der Waals surface area contributed by atoms with Crippen LogP contribution in [0.25, 0.3) is 5.57 Å². The predicted molar refractivity (Wildman–Crippen MR) is 94.5 cm³/mol. The van der Waals surface area contributed by atoms with Crippen molar-refractivity contribution in [3.63, 3.8) is 0 Å². The Morgan fingerprint density at radius 2 is 1.76 bits per heavy atom. The highest BCUT2D eigenvalue weighted by Crippen LogP contribution is 2.37. The van der Waals surface area contributed by atoms with Gasteiger partial charge in [-0.25, -0.2) is 0 Å². The Morgan fingerprint density at radius 1 is 1.00 bits per heavy atom. The van der Waals surface area contributed by atoms with Crippen LogP contribution in [0.1, 0.15) is 83.3 Å². The summed E-state index contributed by atoms with van der Waals surface area (Å²) in [4.78, 5) is 0. The Hall–Kier alpha value is -1.04. The molecule has 1 aromatic carbocycles. The molecule has 21 heavy (non-hydrogen) atoms. The van der Waals surface area contributed by atoms with E-state index in [1.807, 2.05) is 0 Å². The highest BCUT2D eigenvalue weighted by Gasteiger charge is 2.18. The summed E-state index contributed by atoms with van der Waals surface area (Å²) in [6.45, 7) is 6.94. The summed E-state index contributed by atoms with van der Waals surface area (Å²) < 4.78 is 0. The van der Waals surface area contributed by atoms with Crippen LogP contribution in [0.15, 0.2) is 29.8 Å². The molecule has 2 rings (SSSR count). The van der Waals surface area contributed by atoms with Crippen molar-refractivity contribution in [2.45, 2.75) is 78.6 Å². The highest BCUT2D eigenvalue weighted by atomic mass is 14.2. The molecular formula is C21H32. The fraction of sp³-hybridized carbons (Fsp3) is 0.619. The fourth-order valence-electron chi connectivity index (χ4n) is 3.72. The van der Waals surface area contributed by atoms with Crippen LogP contribution in [-0.2, 0) is 6.42 Å². The fourth-order valence-corrected chi connectivity index (χ4v) is 3.72. The first-order valence-corrected chi connectivity index (χ1v) is 9.02. The summed E-state index contributed by atoms with van der Waals surface area (Å²) >= 11 is 0. The maximum atomic E-state index is 2.36. The van der Waals surface area contributed by atoms with Crippen molar-refractivity contribution in [1.82, 2.24) is 0 Å². The molecule has 116 valence electrons. The van der Waals surface area contributed by atoms with Gasteiger partial charge in [0.05, 0.1) is 0 Å². The van der Waals surface area contributed by atoms with Gasteiger partial charge in [0.15, 0.2) is 0 Å². The molecule has 0 amide bonds. The van der Waals surface area contributed by atoms with E-state index in [-0.39, 0.29) is 0 Å². The Labute approximate surface area is 131 Å². The molecule has 0 radical (unpaired) electrons. The summed E-state index contributed by atoms with van der Waals surface area (Å²) in [6.07, 6.45) is 12.0. The third-order valence-electron chi connectivity index (χ3n) is 4.98. The quantitative estimate of drug-likeness (QED) is 0.483. The lowest BCUT2D eigenvalue weighted by molar-refractivity contribution is 0.434. The number of allylic oxidation sites excluding steroid dienone is 2. The van der Waals surface area contributed by atoms with Crippen LogP contribution >= 0.6 is 0 Å². The number of hydrogen-bond donors (Lipinski definition) is 0. The van der Waals surface area contributed by atoms with Gasteiger partial charge in [0.2, 0.25) is 0 Å². The van der Waals surface area contributed by atoms with Crippen LogP contribution in [0.5, 0.6) is 0 Å². The molecule has 1 aliphatic rings. The van der Waals surface area contributed by atoms with Crippen molar-refractivity contribution < 1.29 is 0 Å². The summed E-state index contributed by atoms with van der Waals surface area (Å²) in [5, 5.41) is 0. The average molecular weight is 284 g/mol. The molecule has 1 unspecified atom stereocenters. The average Bonchev–Trinajstić information content (AvgIpc) is 2.49. The zero-order valence-corrected chi connectivity index (χ0v) is 14.3. The third kappa shape index (κ3) is 4.73. The van der Waals surface area contributed by atoms with Gasteiger partial charge in [-0.3, -0.25) is 0 Å². The zero-order chi connectivity index (χ0) is 15.1. The summed E-state index contributed by atoms with van der Waals surface area (Å²) in [7, 11) is 0. The molecule has 0 fully saturated rings. The first-order chi connectivity index (χ1) is 10.2. The number of aryl methyl sites for hydroxylation is 1. The van der Waals surface area contributed by atoms with E-state index >= 15 is 0 Å². The van der Waals surface area contributed by atoms with Crippen molar-refractivity contribution in [1.29, 1.82) is 0 Å². The Morgan fingerprint density at radius 3 is 2.38 bits per heavy atom. The lowest BCUT2D eigenvalue weighted by atomic mass is 9.80. The Kier molecular flexibility index (Phi) is 6.54. The maximum Gasteiger partial charge on any atom is -0.0225 e. The molecule has 1 aliphatic carbocycles. The molecule has 0 nitrogen and oxygen atoms in total. The number of hydrogen-bond acceptors (Lipinski definition) is 0. The molecule has 1 atom stereocenters. The molecule has 0 aromatic heterocycles. The van der Waals surface area contributed by atoms with Gasteiger partial charge in [-0.05, 0) is 61.6 Å². The minimum absolute atomic E-state index is 0.937. The normalized spacial score (nSPS) is 19.1. The molecule has 0 aliphatic heterocycles. The number of unbranched alkanes of at least 4 members (excludes halogenated alkanes) is 2. The highest BCUT2D eigenvalue weighted by molar-refractivity contribution is 5.69. The van der Waals surface area contributed by atoms with E-state index in [1.165, 1.54) is 68.9 Å². The summed E-state index contributed by atoms with van der Waals surface area (Å²) in [6, 6.07) is 9.42. The molecule has 0 bridgehead atoms. The van der Waals surface area contributed by atoms with E-state index in [2.05, 4.69) is 45.0 Å². The summed E-state index contributed by atoms with van der Waals surface area (Å²) in [5.41, 5.74) is 6.24. The Bertz CT molecular complexity index is 449. The first kappa shape index (κ1) is 16.3. The molecule has 0 N–H and O–H groups in total. The van der Waals surface area contributed by atoms with Crippen molar-refractivity contribution in [2.24, 2.45) is 5.92 Å². The topological polar surface area (TPSA) is 0 Å². The maximum absolute atomic E-state index is 2.36. The molecule has 0 saturated carbocycles. The van der Waals surface area contributed by atoms with E-state index < -0.39 is 0 Å². The van der Waals surface area contributed by atoms with Crippen LogP contribution in [0.2, 0.25) is 0 Å². The van der Waals surface area contributed by atoms with Crippen molar-refractivity contribution >= 4 is 5.57 Å². The van der Waals surface area contributed by atoms with Crippen LogP contribution in [-0.4, -0.2) is 0 Å². The third-order valence-corrected chi connectivity index (χ3v) is 4.98. The minimum Gasteiger partial charge on any atom is -0.0692 e. The molecule has 0 heteroatoms. The molecule has 0 saturated heterocycles. The van der Waals surface area contributed by atoms with Gasteiger partial charge in [0, 0.05) is 0 Å². The van der Waals surface area contributed by atoms with E-state index in [0.717, 1.165) is 5.92 Å². The van der Waals surface area contributed by atoms with Gasteiger partial charge in [0.25, 0.3) is 0 Å². The van der Waals surface area contributed by atoms with Gasteiger partial charge >= 0.3 is 0 Å². The lowest BCUT2D eigenvalue weighted by Crippen LogP contribution is -2.08. The SMILES string of the molecule is CCCCCc1ccc(C2=C(C)CC(CCC)CC2)cc1. The predicted octanol–water partition coefficient (Wildman–Crippen LogP) is 6.79. The van der Waals surface area contributed by atoms with Crippen molar-refractivity contribution in [3.05, 3.63) is 41.0 Å². The van der Waals surface area contributed by atoms with Gasteiger partial charge in [-0.1, -0.05) is 69.4 Å².